The maximum absolute atomic E-state index is 11.8. The molecule has 19 heavy (non-hydrogen) atoms. The molecule has 0 saturated heterocycles. The minimum atomic E-state index is -0.234. The molecule has 0 saturated carbocycles. The molecule has 0 aliphatic carbocycles. The van der Waals surface area contributed by atoms with E-state index >= 15 is 0 Å². The van der Waals surface area contributed by atoms with Crippen molar-refractivity contribution < 1.29 is 14.6 Å². The molecule has 0 radical (unpaired) electrons. The van der Waals surface area contributed by atoms with Crippen LogP contribution < -0.4 is 5.32 Å². The minimum Gasteiger partial charge on any atom is -0.507 e. The third kappa shape index (κ3) is 5.75. The number of rotatable bonds is 7. The number of phenolic OH excluding ortho intramolecular Hbond substituents is 1. The zero-order valence-corrected chi connectivity index (χ0v) is 11.9. The van der Waals surface area contributed by atoms with Gasteiger partial charge in [-0.15, -0.1) is 0 Å². The van der Waals surface area contributed by atoms with E-state index in [2.05, 4.69) is 5.32 Å². The molecule has 4 heteroatoms. The highest BCUT2D eigenvalue weighted by molar-refractivity contribution is 5.96. The van der Waals surface area contributed by atoms with Crippen LogP contribution in [0.3, 0.4) is 0 Å². The van der Waals surface area contributed by atoms with Crippen LogP contribution in [0.4, 0.5) is 0 Å². The Kier molecular flexibility index (Phi) is 6.36. The highest BCUT2D eigenvalue weighted by atomic mass is 16.5. The molecule has 1 aromatic rings. The summed E-state index contributed by atoms with van der Waals surface area (Å²) < 4.78 is 5.41. The van der Waals surface area contributed by atoms with Gasteiger partial charge in [0.2, 0.25) is 0 Å². The molecule has 2 N–H and O–H groups in total. The van der Waals surface area contributed by atoms with Crippen molar-refractivity contribution in [2.75, 3.05) is 13.2 Å². The molecule has 106 valence electrons. The number of hydrogen-bond donors (Lipinski definition) is 2. The largest absolute Gasteiger partial charge is 0.507 e. The van der Waals surface area contributed by atoms with E-state index in [4.69, 9.17) is 4.74 Å². The van der Waals surface area contributed by atoms with Crippen LogP contribution in [-0.4, -0.2) is 30.3 Å². The molecule has 0 heterocycles. The summed E-state index contributed by atoms with van der Waals surface area (Å²) in [6, 6.07) is 5.04. The molecule has 1 rings (SSSR count). The maximum atomic E-state index is 11.8. The first-order valence-electron chi connectivity index (χ1n) is 6.70. The molecular formula is C15H23NO3. The first kappa shape index (κ1) is 15.5. The summed E-state index contributed by atoms with van der Waals surface area (Å²) in [6.45, 7) is 7.18. The van der Waals surface area contributed by atoms with Crippen LogP contribution >= 0.6 is 0 Å². The van der Waals surface area contributed by atoms with Gasteiger partial charge >= 0.3 is 0 Å². The summed E-state index contributed by atoms with van der Waals surface area (Å²) in [5.41, 5.74) is 1.25. The summed E-state index contributed by atoms with van der Waals surface area (Å²) in [7, 11) is 0. The molecule has 1 amide bonds. The Bertz CT molecular complexity index is 416. The molecule has 0 unspecified atom stereocenters. The second-order valence-corrected chi connectivity index (χ2v) is 4.90. The van der Waals surface area contributed by atoms with E-state index < -0.39 is 0 Å². The third-order valence-electron chi connectivity index (χ3n) is 2.71. The van der Waals surface area contributed by atoms with Crippen molar-refractivity contribution in [3.8, 4) is 5.75 Å². The van der Waals surface area contributed by atoms with Gasteiger partial charge in [0, 0.05) is 13.2 Å². The number of phenols is 1. The van der Waals surface area contributed by atoms with E-state index in [0.717, 1.165) is 18.4 Å². The number of carbonyl (C=O) groups excluding carboxylic acids is 1. The van der Waals surface area contributed by atoms with Gasteiger partial charge in [-0.2, -0.15) is 0 Å². The van der Waals surface area contributed by atoms with Crippen molar-refractivity contribution in [2.45, 2.75) is 39.7 Å². The molecule has 0 bridgehead atoms. The molecule has 4 nitrogen and oxygen atoms in total. The van der Waals surface area contributed by atoms with E-state index in [0.29, 0.717) is 18.7 Å². The zero-order chi connectivity index (χ0) is 14.3. The van der Waals surface area contributed by atoms with Crippen molar-refractivity contribution >= 4 is 5.91 Å². The predicted octanol–water partition coefficient (Wildman–Crippen LogP) is 2.64. The molecule has 0 aromatic heterocycles. The van der Waals surface area contributed by atoms with Gasteiger partial charge in [-0.05, 0) is 51.3 Å². The van der Waals surface area contributed by atoms with Crippen molar-refractivity contribution in [1.29, 1.82) is 0 Å². The van der Waals surface area contributed by atoms with Gasteiger partial charge in [0.15, 0.2) is 0 Å². The van der Waals surface area contributed by atoms with E-state index in [1.807, 2.05) is 26.8 Å². The monoisotopic (exact) mass is 265 g/mol. The molecule has 0 aliphatic rings. The smallest absolute Gasteiger partial charge is 0.255 e. The molecule has 0 fully saturated rings. The van der Waals surface area contributed by atoms with Crippen LogP contribution in [0.1, 0.15) is 42.6 Å². The molecule has 1 aromatic carbocycles. The van der Waals surface area contributed by atoms with Crippen LogP contribution in [0.2, 0.25) is 0 Å². The summed E-state index contributed by atoms with van der Waals surface area (Å²) in [5.74, 6) is -0.206. The summed E-state index contributed by atoms with van der Waals surface area (Å²) in [4.78, 5) is 11.8. The number of amides is 1. The molecular weight excluding hydrogens is 242 g/mol. The first-order chi connectivity index (χ1) is 9.00. The lowest BCUT2D eigenvalue weighted by molar-refractivity contribution is 0.0754. The third-order valence-corrected chi connectivity index (χ3v) is 2.71. The van der Waals surface area contributed by atoms with Crippen molar-refractivity contribution in [2.24, 2.45) is 0 Å². The number of carbonyl (C=O) groups is 1. The Labute approximate surface area is 114 Å². The van der Waals surface area contributed by atoms with E-state index in [9.17, 15) is 9.90 Å². The van der Waals surface area contributed by atoms with Crippen LogP contribution in [0.15, 0.2) is 18.2 Å². The second kappa shape index (κ2) is 7.79. The average molecular weight is 265 g/mol. The fourth-order valence-corrected chi connectivity index (χ4v) is 1.68. The van der Waals surface area contributed by atoms with Crippen LogP contribution in [0, 0.1) is 6.92 Å². The Balaban J connectivity index is 2.28. The number of aromatic hydroxyl groups is 1. The molecule has 0 atom stereocenters. The van der Waals surface area contributed by atoms with Gasteiger partial charge in [-0.25, -0.2) is 0 Å². The Morgan fingerprint density at radius 1 is 1.37 bits per heavy atom. The highest BCUT2D eigenvalue weighted by Crippen LogP contribution is 2.17. The SMILES string of the molecule is Cc1ccc(C(=O)NCCCCOC(C)C)c(O)c1. The average Bonchev–Trinajstić information content (AvgIpc) is 2.32. The van der Waals surface area contributed by atoms with Crippen molar-refractivity contribution in [1.82, 2.24) is 5.32 Å². The maximum Gasteiger partial charge on any atom is 0.255 e. The lowest BCUT2D eigenvalue weighted by Crippen LogP contribution is -2.24. The van der Waals surface area contributed by atoms with E-state index in [1.54, 1.807) is 12.1 Å². The Hall–Kier alpha value is -1.55. The fourth-order valence-electron chi connectivity index (χ4n) is 1.68. The van der Waals surface area contributed by atoms with Gasteiger partial charge in [0.1, 0.15) is 5.75 Å². The van der Waals surface area contributed by atoms with E-state index in [1.165, 1.54) is 0 Å². The summed E-state index contributed by atoms with van der Waals surface area (Å²) >= 11 is 0. The lowest BCUT2D eigenvalue weighted by atomic mass is 10.1. The number of ether oxygens (including phenoxy) is 1. The van der Waals surface area contributed by atoms with Crippen molar-refractivity contribution in [3.63, 3.8) is 0 Å². The molecule has 0 spiro atoms. The van der Waals surface area contributed by atoms with Gasteiger partial charge in [-0.1, -0.05) is 6.07 Å². The topological polar surface area (TPSA) is 58.6 Å². The normalized spacial score (nSPS) is 10.7. The first-order valence-corrected chi connectivity index (χ1v) is 6.70. The van der Waals surface area contributed by atoms with Crippen molar-refractivity contribution in [3.05, 3.63) is 29.3 Å². The zero-order valence-electron chi connectivity index (χ0n) is 11.9. The van der Waals surface area contributed by atoms with Gasteiger partial charge in [-0.3, -0.25) is 4.79 Å². The standard InChI is InChI=1S/C15H23NO3/c1-11(2)19-9-5-4-8-16-15(18)13-7-6-12(3)10-14(13)17/h6-7,10-11,17H,4-5,8-9H2,1-3H3,(H,16,18). The predicted molar refractivity (Wildman–Crippen MR) is 75.5 cm³/mol. The fraction of sp³-hybridized carbons (Fsp3) is 0.533. The quantitative estimate of drug-likeness (QED) is 0.745. The number of unbranched alkanes of at least 4 members (excludes halogenated alkanes) is 1. The van der Waals surface area contributed by atoms with E-state index in [-0.39, 0.29) is 17.8 Å². The number of benzene rings is 1. The molecule has 0 aliphatic heterocycles. The summed E-state index contributed by atoms with van der Waals surface area (Å²) in [5, 5.41) is 12.5. The summed E-state index contributed by atoms with van der Waals surface area (Å²) in [6.07, 6.45) is 2.03. The van der Waals surface area contributed by atoms with Crippen LogP contribution in [0.5, 0.6) is 5.75 Å². The lowest BCUT2D eigenvalue weighted by Gasteiger charge is -2.09. The van der Waals surface area contributed by atoms with Crippen LogP contribution in [-0.2, 0) is 4.74 Å². The van der Waals surface area contributed by atoms with Gasteiger partial charge < -0.3 is 15.2 Å². The minimum absolute atomic E-state index is 0.0284. The number of aryl methyl sites for hydroxylation is 1. The Morgan fingerprint density at radius 2 is 2.11 bits per heavy atom. The van der Waals surface area contributed by atoms with Gasteiger partial charge in [0.05, 0.1) is 11.7 Å². The number of hydrogen-bond acceptors (Lipinski definition) is 3. The van der Waals surface area contributed by atoms with Gasteiger partial charge in [0.25, 0.3) is 5.91 Å². The Morgan fingerprint density at radius 3 is 2.74 bits per heavy atom. The second-order valence-electron chi connectivity index (χ2n) is 4.90. The number of nitrogens with one attached hydrogen (secondary N) is 1. The highest BCUT2D eigenvalue weighted by Gasteiger charge is 2.09. The van der Waals surface area contributed by atoms with Crippen LogP contribution in [0.25, 0.3) is 0 Å².